The number of hydrogen-bond donors (Lipinski definition) is 1. The molecule has 23 heavy (non-hydrogen) atoms. The Labute approximate surface area is 143 Å². The molecule has 1 spiro atoms. The first kappa shape index (κ1) is 16.2. The molecule has 0 aromatic heterocycles. The maximum atomic E-state index is 12.4. The van der Waals surface area contributed by atoms with Crippen LogP contribution in [0.3, 0.4) is 0 Å². The Morgan fingerprint density at radius 1 is 1.09 bits per heavy atom. The molecule has 2 saturated carbocycles. The van der Waals surface area contributed by atoms with Crippen LogP contribution in [0.5, 0.6) is 0 Å². The van der Waals surface area contributed by atoms with Crippen molar-refractivity contribution in [2.24, 2.45) is 11.3 Å². The van der Waals surface area contributed by atoms with Gasteiger partial charge in [0.2, 0.25) is 5.91 Å². The van der Waals surface area contributed by atoms with E-state index in [1.807, 2.05) is 0 Å². The number of carbonyl (C=O) groups is 1. The third-order valence-electron chi connectivity index (χ3n) is 6.41. The average Bonchev–Trinajstić information content (AvgIpc) is 3.22. The summed E-state index contributed by atoms with van der Waals surface area (Å²) in [5.41, 5.74) is 0.272. The Morgan fingerprint density at radius 2 is 1.96 bits per heavy atom. The molecule has 1 amide bonds. The second-order valence-electron chi connectivity index (χ2n) is 7.73. The highest BCUT2D eigenvalue weighted by atomic mass is 32.2. The van der Waals surface area contributed by atoms with E-state index in [2.05, 4.69) is 5.32 Å². The Bertz CT molecular complexity index is 432. The molecule has 5 heteroatoms. The van der Waals surface area contributed by atoms with Gasteiger partial charge in [0.15, 0.2) is 0 Å². The molecule has 130 valence electrons. The van der Waals surface area contributed by atoms with Crippen LogP contribution in [0.2, 0.25) is 0 Å². The standard InChI is InChI=1S/C18H29NO3S/c20-15(12-23-11-13-5-1-4-9-21-13)19-16-14-6-10-22-17(14)18(16)7-2-3-8-18/h13-14,16-17H,1-12H2,(H,19,20)/t13-,14-,16+,17-/m0/s1. The van der Waals surface area contributed by atoms with Crippen LogP contribution in [0.4, 0.5) is 0 Å². The molecule has 4 aliphatic rings. The van der Waals surface area contributed by atoms with E-state index in [0.29, 0.717) is 29.9 Å². The van der Waals surface area contributed by atoms with Crippen molar-refractivity contribution in [2.75, 3.05) is 24.7 Å². The molecule has 0 radical (unpaired) electrons. The number of ether oxygens (including phenoxy) is 2. The molecule has 4 rings (SSSR count). The van der Waals surface area contributed by atoms with E-state index in [0.717, 1.165) is 31.8 Å². The molecule has 0 aromatic rings. The number of amides is 1. The van der Waals surface area contributed by atoms with Crippen molar-refractivity contribution < 1.29 is 14.3 Å². The summed E-state index contributed by atoms with van der Waals surface area (Å²) >= 11 is 1.73. The topological polar surface area (TPSA) is 47.6 Å². The molecular formula is C18H29NO3S. The summed E-state index contributed by atoms with van der Waals surface area (Å²) in [7, 11) is 0. The minimum atomic E-state index is 0.215. The van der Waals surface area contributed by atoms with Gasteiger partial charge in [-0.25, -0.2) is 0 Å². The third kappa shape index (κ3) is 3.05. The third-order valence-corrected chi connectivity index (χ3v) is 7.49. The predicted molar refractivity (Wildman–Crippen MR) is 91.6 cm³/mol. The van der Waals surface area contributed by atoms with Gasteiger partial charge >= 0.3 is 0 Å². The molecule has 1 N–H and O–H groups in total. The minimum absolute atomic E-state index is 0.215. The summed E-state index contributed by atoms with van der Waals surface area (Å²) in [5, 5.41) is 3.38. The maximum absolute atomic E-state index is 12.4. The number of nitrogens with one attached hydrogen (secondary N) is 1. The number of thioether (sulfide) groups is 1. The summed E-state index contributed by atoms with van der Waals surface area (Å²) < 4.78 is 11.7. The fourth-order valence-electron chi connectivity index (χ4n) is 5.34. The molecule has 0 aromatic carbocycles. The minimum Gasteiger partial charge on any atom is -0.377 e. The van der Waals surface area contributed by atoms with Gasteiger partial charge in [-0.2, -0.15) is 0 Å². The van der Waals surface area contributed by atoms with E-state index >= 15 is 0 Å². The van der Waals surface area contributed by atoms with Crippen molar-refractivity contribution in [3.63, 3.8) is 0 Å². The van der Waals surface area contributed by atoms with Crippen LogP contribution in [0.15, 0.2) is 0 Å². The fraction of sp³-hybridized carbons (Fsp3) is 0.944. The van der Waals surface area contributed by atoms with Gasteiger partial charge in [-0.1, -0.05) is 12.8 Å². The van der Waals surface area contributed by atoms with Crippen molar-refractivity contribution in [1.82, 2.24) is 5.32 Å². The predicted octanol–water partition coefficient (Wildman–Crippen LogP) is 2.75. The number of hydrogen-bond acceptors (Lipinski definition) is 4. The highest BCUT2D eigenvalue weighted by Gasteiger charge is 2.65. The quantitative estimate of drug-likeness (QED) is 0.837. The monoisotopic (exact) mass is 339 g/mol. The summed E-state index contributed by atoms with van der Waals surface area (Å²) in [5.74, 6) is 2.32. The zero-order valence-electron chi connectivity index (χ0n) is 13.9. The van der Waals surface area contributed by atoms with E-state index in [9.17, 15) is 4.79 Å². The zero-order chi connectivity index (χ0) is 15.7. The smallest absolute Gasteiger partial charge is 0.230 e. The van der Waals surface area contributed by atoms with Crippen molar-refractivity contribution >= 4 is 17.7 Å². The van der Waals surface area contributed by atoms with E-state index in [4.69, 9.17) is 9.47 Å². The lowest BCUT2D eigenvalue weighted by molar-refractivity contribution is -0.144. The van der Waals surface area contributed by atoms with Gasteiger partial charge < -0.3 is 14.8 Å². The van der Waals surface area contributed by atoms with Crippen LogP contribution < -0.4 is 5.32 Å². The highest BCUT2D eigenvalue weighted by molar-refractivity contribution is 7.99. The molecule has 0 bridgehead atoms. The van der Waals surface area contributed by atoms with Crippen LogP contribution in [0.25, 0.3) is 0 Å². The van der Waals surface area contributed by atoms with Crippen molar-refractivity contribution in [3.05, 3.63) is 0 Å². The van der Waals surface area contributed by atoms with E-state index < -0.39 is 0 Å². The number of carbonyl (C=O) groups excluding carboxylic acids is 1. The SMILES string of the molecule is O=C(CSC[C@@H]1CCCCO1)N[C@@H]1[C@@H]2CCO[C@@H]2C12CCCC2. The maximum Gasteiger partial charge on any atom is 0.230 e. The number of fused-ring (bicyclic) bond motifs is 2. The summed E-state index contributed by atoms with van der Waals surface area (Å²) in [6.07, 6.45) is 10.6. The lowest BCUT2D eigenvalue weighted by Crippen LogP contribution is -2.68. The first-order valence-corrected chi connectivity index (χ1v) is 10.6. The highest BCUT2D eigenvalue weighted by Crippen LogP contribution is 2.60. The lowest BCUT2D eigenvalue weighted by Gasteiger charge is -2.56. The van der Waals surface area contributed by atoms with Crippen LogP contribution in [-0.4, -0.2) is 48.9 Å². The average molecular weight is 340 g/mol. The molecule has 2 saturated heterocycles. The summed E-state index contributed by atoms with van der Waals surface area (Å²) in [6, 6.07) is 0.372. The summed E-state index contributed by atoms with van der Waals surface area (Å²) in [6.45, 7) is 1.78. The summed E-state index contributed by atoms with van der Waals surface area (Å²) in [4.78, 5) is 12.4. The molecular weight excluding hydrogens is 310 g/mol. The second kappa shape index (κ2) is 6.93. The van der Waals surface area contributed by atoms with Crippen LogP contribution in [0, 0.1) is 11.3 Å². The molecule has 4 nitrogen and oxygen atoms in total. The van der Waals surface area contributed by atoms with E-state index in [1.54, 1.807) is 11.8 Å². The largest absolute Gasteiger partial charge is 0.377 e. The second-order valence-corrected chi connectivity index (χ2v) is 8.76. The van der Waals surface area contributed by atoms with Gasteiger partial charge in [0.05, 0.1) is 18.0 Å². The fourth-order valence-corrected chi connectivity index (χ4v) is 6.25. The molecule has 2 aliphatic carbocycles. The van der Waals surface area contributed by atoms with E-state index in [1.165, 1.54) is 38.5 Å². The Hall–Kier alpha value is -0.260. The van der Waals surface area contributed by atoms with Gasteiger partial charge in [-0.05, 0) is 38.5 Å². The van der Waals surface area contributed by atoms with E-state index in [-0.39, 0.29) is 11.3 Å². The number of rotatable bonds is 5. The van der Waals surface area contributed by atoms with Crippen molar-refractivity contribution in [3.8, 4) is 0 Å². The Balaban J connectivity index is 1.25. The van der Waals surface area contributed by atoms with Crippen LogP contribution >= 0.6 is 11.8 Å². The normalized spacial score (nSPS) is 38.3. The zero-order valence-corrected chi connectivity index (χ0v) is 14.7. The van der Waals surface area contributed by atoms with Crippen LogP contribution in [0.1, 0.15) is 51.4 Å². The van der Waals surface area contributed by atoms with Gasteiger partial charge in [0.25, 0.3) is 0 Å². The lowest BCUT2D eigenvalue weighted by atomic mass is 9.54. The van der Waals surface area contributed by atoms with Gasteiger partial charge in [-0.15, -0.1) is 11.8 Å². The van der Waals surface area contributed by atoms with Crippen molar-refractivity contribution in [2.45, 2.75) is 69.6 Å². The molecule has 4 atom stereocenters. The van der Waals surface area contributed by atoms with Crippen LogP contribution in [-0.2, 0) is 14.3 Å². The molecule has 2 aliphatic heterocycles. The van der Waals surface area contributed by atoms with Crippen molar-refractivity contribution in [1.29, 1.82) is 0 Å². The first-order chi connectivity index (χ1) is 11.3. The van der Waals surface area contributed by atoms with Gasteiger partial charge in [0, 0.05) is 36.3 Å². The molecule has 2 heterocycles. The molecule has 0 unspecified atom stereocenters. The van der Waals surface area contributed by atoms with Gasteiger partial charge in [-0.3, -0.25) is 4.79 Å². The Morgan fingerprint density at radius 3 is 2.74 bits per heavy atom. The van der Waals surface area contributed by atoms with Gasteiger partial charge in [0.1, 0.15) is 0 Å². The molecule has 4 fully saturated rings. The Kier molecular flexibility index (Phi) is 4.89. The first-order valence-electron chi connectivity index (χ1n) is 9.40.